The largest absolute Gasteiger partial charge is 0.493 e. The summed E-state index contributed by atoms with van der Waals surface area (Å²) in [7, 11) is 1.79. The van der Waals surface area contributed by atoms with Crippen molar-refractivity contribution in [1.82, 2.24) is 30.0 Å². The molecule has 352 valence electrons. The third-order valence-corrected chi connectivity index (χ3v) is 14.5. The number of carbonyl (C=O) groups excluding carboxylic acids is 4. The highest BCUT2D eigenvalue weighted by Gasteiger charge is 2.33. The molecule has 17 heteroatoms. The van der Waals surface area contributed by atoms with Crippen molar-refractivity contribution < 1.29 is 33.8 Å². The molecular weight excluding hydrogens is 895 g/mol. The minimum atomic E-state index is -1.14. The fourth-order valence-corrected chi connectivity index (χ4v) is 10.9. The van der Waals surface area contributed by atoms with Crippen LogP contribution < -0.4 is 25.6 Å². The molecule has 0 radical (unpaired) electrons. The van der Waals surface area contributed by atoms with Crippen LogP contribution in [0.4, 0.5) is 16.6 Å². The molecule has 69 heavy (non-hydrogen) atoms. The number of ether oxygens (including phenoxy) is 1. The molecule has 4 amide bonds. The first kappa shape index (κ1) is 45.3. The van der Waals surface area contributed by atoms with Gasteiger partial charge in [0.1, 0.15) is 11.6 Å². The van der Waals surface area contributed by atoms with E-state index in [-0.39, 0.29) is 42.3 Å². The number of pyridine rings is 1. The molecule has 1 unspecified atom stereocenters. The van der Waals surface area contributed by atoms with Crippen LogP contribution in [-0.4, -0.2) is 92.1 Å². The smallest absolute Gasteiger partial charge is 0.355 e. The van der Waals surface area contributed by atoms with Gasteiger partial charge in [0.15, 0.2) is 10.8 Å². The molecule has 2 fully saturated rings. The zero-order chi connectivity index (χ0) is 47.8. The van der Waals surface area contributed by atoms with Crippen LogP contribution in [0.3, 0.4) is 0 Å². The monoisotopic (exact) mass is 945 g/mol. The number of piperidine rings is 1. The molecule has 16 nitrogen and oxygen atoms in total. The van der Waals surface area contributed by atoms with E-state index in [0.717, 1.165) is 75.7 Å². The van der Waals surface area contributed by atoms with Crippen LogP contribution in [0.5, 0.6) is 5.75 Å². The van der Waals surface area contributed by atoms with Crippen molar-refractivity contribution in [3.05, 3.63) is 125 Å². The van der Waals surface area contributed by atoms with Gasteiger partial charge in [-0.05, 0) is 116 Å². The molecule has 2 saturated heterocycles. The molecular formula is C52H51N9O7S. The summed E-state index contributed by atoms with van der Waals surface area (Å²) in [5, 5.41) is 24.9. The minimum absolute atomic E-state index is 0.0622. The van der Waals surface area contributed by atoms with Crippen LogP contribution in [0.2, 0.25) is 0 Å². The van der Waals surface area contributed by atoms with Crippen molar-refractivity contribution in [1.29, 1.82) is 0 Å². The number of carboxylic acid groups (broad SMARTS) is 1. The van der Waals surface area contributed by atoms with E-state index in [1.54, 1.807) is 11.7 Å². The number of rotatable bonds is 14. The van der Waals surface area contributed by atoms with Gasteiger partial charge in [-0.15, -0.1) is 0 Å². The van der Waals surface area contributed by atoms with Gasteiger partial charge in [-0.3, -0.25) is 39.4 Å². The van der Waals surface area contributed by atoms with Gasteiger partial charge in [0, 0.05) is 49.6 Å². The van der Waals surface area contributed by atoms with E-state index in [1.165, 1.54) is 11.3 Å². The molecule has 4 N–H and O–H groups in total. The normalized spacial score (nSPS) is 17.2. The highest BCUT2D eigenvalue weighted by atomic mass is 32.1. The van der Waals surface area contributed by atoms with E-state index in [1.807, 2.05) is 103 Å². The van der Waals surface area contributed by atoms with Gasteiger partial charge in [0.05, 0.1) is 46.2 Å². The van der Waals surface area contributed by atoms with Crippen LogP contribution in [0.15, 0.2) is 91.0 Å². The number of amides is 4. The van der Waals surface area contributed by atoms with E-state index in [4.69, 9.17) is 9.72 Å². The number of likely N-dealkylation sites (tertiary alicyclic amines) is 1. The molecule has 10 rings (SSSR count). The Morgan fingerprint density at radius 2 is 1.74 bits per heavy atom. The molecule has 3 aromatic heterocycles. The van der Waals surface area contributed by atoms with E-state index in [2.05, 4.69) is 30.9 Å². The van der Waals surface area contributed by atoms with E-state index in [0.29, 0.717) is 77.7 Å². The lowest BCUT2D eigenvalue weighted by atomic mass is 9.92. The second kappa shape index (κ2) is 19.2. The summed E-state index contributed by atoms with van der Waals surface area (Å²) in [6.07, 6.45) is 4.03. The van der Waals surface area contributed by atoms with Gasteiger partial charge in [-0.25, -0.2) is 14.8 Å². The van der Waals surface area contributed by atoms with Gasteiger partial charge in [-0.2, -0.15) is 5.10 Å². The van der Waals surface area contributed by atoms with E-state index >= 15 is 0 Å². The van der Waals surface area contributed by atoms with Crippen molar-refractivity contribution in [2.24, 2.45) is 13.0 Å². The molecule has 0 saturated carbocycles. The van der Waals surface area contributed by atoms with Crippen molar-refractivity contribution >= 4 is 78.7 Å². The minimum Gasteiger partial charge on any atom is -0.493 e. The predicted octanol–water partition coefficient (Wildman–Crippen LogP) is 7.71. The SMILES string of the molecule is Cc1c(OCCC[C@@H]2CCN(CC(=O)Nc3cccc4c(C5CCC(=O)NC5=O)nn(C)c34)C2)cccc1-c1ccc(N2CCc3cccc(C(=O)Nc4nc5ccccc5s4)c3C2)nc1C(=O)O. The summed E-state index contributed by atoms with van der Waals surface area (Å²) in [6.45, 7) is 5.27. The highest BCUT2D eigenvalue weighted by molar-refractivity contribution is 7.22. The molecule has 3 aliphatic heterocycles. The number of fused-ring (bicyclic) bond motifs is 3. The Kier molecular flexibility index (Phi) is 12.6. The zero-order valence-electron chi connectivity index (χ0n) is 38.3. The number of anilines is 3. The summed E-state index contributed by atoms with van der Waals surface area (Å²) in [4.78, 5) is 77.6. The summed E-state index contributed by atoms with van der Waals surface area (Å²) in [6, 6.07) is 28.3. The first-order valence-corrected chi connectivity index (χ1v) is 24.1. The Morgan fingerprint density at radius 1 is 0.899 bits per heavy atom. The highest BCUT2D eigenvalue weighted by Crippen LogP contribution is 2.36. The topological polar surface area (TPSA) is 201 Å². The summed E-state index contributed by atoms with van der Waals surface area (Å²) >= 11 is 1.42. The van der Waals surface area contributed by atoms with Gasteiger partial charge >= 0.3 is 5.97 Å². The second-order valence-electron chi connectivity index (χ2n) is 18.0. The molecule has 7 aromatic rings. The first-order chi connectivity index (χ1) is 33.5. The number of benzene rings is 4. The number of aromatic nitrogens is 4. The number of para-hydroxylation sites is 2. The standard InChI is InChI=1S/C52H51N9O7S/c1-30-33(34-18-20-43(55-47(34)51(66)67)61-25-23-32-10-5-12-35(38(32)28-61)49(64)57-52-54-39-14-3-4-17-42(39)69-52)11-7-16-41(30)68-26-8-9-31-22-24-60(27-31)29-45(63)53-40-15-6-13-36-46(58-59(2)48(36)40)37-19-21-44(62)56-50(37)65/h3-7,10-18,20,31,37H,8-9,19,21-29H2,1-2H3,(H,53,63)(H,66,67)(H,54,57,64)(H,56,62,65)/t31-,37?/m1/s1. The number of hydrogen-bond donors (Lipinski definition) is 4. The third-order valence-electron chi connectivity index (χ3n) is 13.5. The predicted molar refractivity (Wildman–Crippen MR) is 264 cm³/mol. The molecule has 3 aliphatic rings. The molecule has 4 aromatic carbocycles. The second-order valence-corrected chi connectivity index (χ2v) is 19.0. The molecule has 2 atom stereocenters. The van der Waals surface area contributed by atoms with Crippen molar-refractivity contribution in [3.8, 4) is 16.9 Å². The van der Waals surface area contributed by atoms with Crippen LogP contribution in [0.1, 0.15) is 81.3 Å². The van der Waals surface area contributed by atoms with Crippen LogP contribution in [0.25, 0.3) is 32.2 Å². The molecule has 0 spiro atoms. The maximum Gasteiger partial charge on any atom is 0.355 e. The van der Waals surface area contributed by atoms with Crippen LogP contribution in [0, 0.1) is 12.8 Å². The van der Waals surface area contributed by atoms with Gasteiger partial charge < -0.3 is 20.1 Å². The Labute approximate surface area is 401 Å². The number of nitrogens with one attached hydrogen (secondary N) is 3. The molecule has 6 heterocycles. The lowest BCUT2D eigenvalue weighted by Gasteiger charge is -2.31. The van der Waals surface area contributed by atoms with Crippen LogP contribution in [-0.2, 0) is 34.4 Å². The number of imide groups is 1. The first-order valence-electron chi connectivity index (χ1n) is 23.3. The summed E-state index contributed by atoms with van der Waals surface area (Å²) in [5.74, 6) is -1.07. The fraction of sp³-hybridized carbons (Fsp3) is 0.308. The summed E-state index contributed by atoms with van der Waals surface area (Å²) < 4.78 is 8.98. The number of carboxylic acids is 1. The Bertz CT molecular complexity index is 3150. The Hall–Kier alpha value is -7.50. The van der Waals surface area contributed by atoms with E-state index < -0.39 is 11.9 Å². The molecule has 0 bridgehead atoms. The zero-order valence-corrected chi connectivity index (χ0v) is 39.1. The lowest BCUT2D eigenvalue weighted by molar-refractivity contribution is -0.134. The number of thiazole rings is 1. The van der Waals surface area contributed by atoms with Gasteiger partial charge in [0.25, 0.3) is 5.91 Å². The fourth-order valence-electron chi connectivity index (χ4n) is 10.1. The number of carbonyl (C=O) groups is 5. The number of hydrogen-bond acceptors (Lipinski definition) is 12. The van der Waals surface area contributed by atoms with Crippen molar-refractivity contribution in [2.45, 2.75) is 57.9 Å². The van der Waals surface area contributed by atoms with Crippen molar-refractivity contribution in [2.75, 3.05) is 48.3 Å². The quantitative estimate of drug-likeness (QED) is 0.0613. The van der Waals surface area contributed by atoms with Crippen LogP contribution >= 0.6 is 11.3 Å². The van der Waals surface area contributed by atoms with Gasteiger partial charge in [0.2, 0.25) is 17.7 Å². The average molecular weight is 946 g/mol. The number of nitrogens with zero attached hydrogens (tertiary/aromatic N) is 6. The van der Waals surface area contributed by atoms with E-state index in [9.17, 15) is 29.1 Å². The summed E-state index contributed by atoms with van der Waals surface area (Å²) in [5.41, 5.74) is 7.23. The van der Waals surface area contributed by atoms with Crippen molar-refractivity contribution in [3.63, 3.8) is 0 Å². The maximum atomic E-state index is 13.6. The Morgan fingerprint density at radius 3 is 2.58 bits per heavy atom. The molecule has 0 aliphatic carbocycles. The number of aryl methyl sites for hydroxylation is 1. The average Bonchev–Trinajstić information content (AvgIpc) is 4.07. The number of aromatic carboxylic acids is 1. The maximum absolute atomic E-state index is 13.6. The Balaban J connectivity index is 0.735. The lowest BCUT2D eigenvalue weighted by Crippen LogP contribution is -2.39. The van der Waals surface area contributed by atoms with Gasteiger partial charge in [-0.1, -0.05) is 59.9 Å². The third kappa shape index (κ3) is 9.39.